The highest BCUT2D eigenvalue weighted by Gasteiger charge is 2.27. The number of nitrogens with one attached hydrogen (secondary N) is 1. The molecule has 0 fully saturated rings. The average molecular weight is 479 g/mol. The van der Waals surface area contributed by atoms with E-state index in [0.29, 0.717) is 21.5 Å². The van der Waals surface area contributed by atoms with Gasteiger partial charge in [-0.2, -0.15) is 0 Å². The van der Waals surface area contributed by atoms with Gasteiger partial charge in [0, 0.05) is 10.0 Å². The van der Waals surface area contributed by atoms with Crippen LogP contribution < -0.4 is 14.4 Å². The van der Waals surface area contributed by atoms with Crippen LogP contribution in [0.15, 0.2) is 71.6 Å². The number of benzene rings is 3. The van der Waals surface area contributed by atoms with Gasteiger partial charge in [0.1, 0.15) is 12.3 Å². The fraction of sp³-hybridized carbons (Fsp3) is 0.136. The molecule has 0 bridgehead atoms. The first-order chi connectivity index (χ1) is 14.7. The SMILES string of the molecule is COc1ccc(Cl)cc1NC(=O)CN(c1cccc(Cl)c1)S(=O)(=O)c1ccc(C)cc1. The highest BCUT2D eigenvalue weighted by molar-refractivity contribution is 7.92. The maximum atomic E-state index is 13.4. The summed E-state index contributed by atoms with van der Waals surface area (Å²) in [6.07, 6.45) is 0. The summed E-state index contributed by atoms with van der Waals surface area (Å²) in [5.74, 6) is -0.176. The maximum Gasteiger partial charge on any atom is 0.264 e. The van der Waals surface area contributed by atoms with Crippen molar-refractivity contribution in [3.05, 3.63) is 82.3 Å². The second-order valence-corrected chi connectivity index (χ2v) is 9.43. The van der Waals surface area contributed by atoms with Crippen molar-refractivity contribution in [1.29, 1.82) is 0 Å². The van der Waals surface area contributed by atoms with E-state index in [2.05, 4.69) is 5.32 Å². The van der Waals surface area contributed by atoms with Crippen LogP contribution in [0, 0.1) is 6.92 Å². The largest absolute Gasteiger partial charge is 0.495 e. The Labute approximate surface area is 191 Å². The number of carbonyl (C=O) groups is 1. The molecule has 0 saturated heterocycles. The van der Waals surface area contributed by atoms with E-state index in [0.717, 1.165) is 9.87 Å². The van der Waals surface area contributed by atoms with Crippen LogP contribution in [0.1, 0.15) is 5.56 Å². The zero-order chi connectivity index (χ0) is 22.6. The highest BCUT2D eigenvalue weighted by atomic mass is 35.5. The third kappa shape index (κ3) is 5.50. The summed E-state index contributed by atoms with van der Waals surface area (Å²) < 4.78 is 33.0. The molecule has 0 radical (unpaired) electrons. The van der Waals surface area contributed by atoms with Crippen LogP contribution in [0.4, 0.5) is 11.4 Å². The molecule has 0 heterocycles. The van der Waals surface area contributed by atoms with Crippen LogP contribution in [0.2, 0.25) is 10.0 Å². The van der Waals surface area contributed by atoms with Crippen LogP contribution in [0.3, 0.4) is 0 Å². The molecule has 1 N–H and O–H groups in total. The molecule has 31 heavy (non-hydrogen) atoms. The van der Waals surface area contributed by atoms with Gasteiger partial charge >= 0.3 is 0 Å². The Hall–Kier alpha value is -2.74. The van der Waals surface area contributed by atoms with Crippen LogP contribution in [-0.2, 0) is 14.8 Å². The monoisotopic (exact) mass is 478 g/mol. The number of hydrogen-bond donors (Lipinski definition) is 1. The van der Waals surface area contributed by atoms with Crippen molar-refractivity contribution in [2.75, 3.05) is 23.3 Å². The first-order valence-corrected chi connectivity index (χ1v) is 11.4. The molecule has 3 aromatic rings. The molecule has 0 atom stereocenters. The summed E-state index contributed by atoms with van der Waals surface area (Å²) in [7, 11) is -2.58. The van der Waals surface area contributed by atoms with E-state index < -0.39 is 22.5 Å². The summed E-state index contributed by atoms with van der Waals surface area (Å²) in [6.45, 7) is 1.38. The molecule has 0 aliphatic heterocycles. The predicted octanol–water partition coefficient (Wildman–Crippen LogP) is 5.14. The van der Waals surface area contributed by atoms with Gasteiger partial charge in [-0.3, -0.25) is 9.10 Å². The lowest BCUT2D eigenvalue weighted by molar-refractivity contribution is -0.114. The Morgan fingerprint density at radius 2 is 1.68 bits per heavy atom. The standard InChI is InChI=1S/C22H20Cl2N2O4S/c1-15-6-9-19(10-7-15)31(28,29)26(18-5-3-4-16(23)12-18)14-22(27)25-20-13-17(24)8-11-21(20)30-2/h3-13H,14H2,1-2H3,(H,25,27). The number of sulfonamides is 1. The third-order valence-electron chi connectivity index (χ3n) is 4.43. The van der Waals surface area contributed by atoms with Gasteiger partial charge in [-0.15, -0.1) is 0 Å². The average Bonchev–Trinajstić information content (AvgIpc) is 2.72. The quantitative estimate of drug-likeness (QED) is 0.509. The highest BCUT2D eigenvalue weighted by Crippen LogP contribution is 2.29. The number of aryl methyl sites for hydroxylation is 1. The van der Waals surface area contributed by atoms with Crippen LogP contribution in [-0.4, -0.2) is 28.0 Å². The fourth-order valence-electron chi connectivity index (χ4n) is 2.88. The van der Waals surface area contributed by atoms with Gasteiger partial charge in [-0.05, 0) is 55.5 Å². The minimum absolute atomic E-state index is 0.0613. The van der Waals surface area contributed by atoms with E-state index in [9.17, 15) is 13.2 Å². The van der Waals surface area contributed by atoms with E-state index >= 15 is 0 Å². The molecule has 9 heteroatoms. The van der Waals surface area contributed by atoms with Gasteiger partial charge in [0.2, 0.25) is 5.91 Å². The van der Waals surface area contributed by atoms with E-state index in [-0.39, 0.29) is 10.6 Å². The molecule has 6 nitrogen and oxygen atoms in total. The third-order valence-corrected chi connectivity index (χ3v) is 6.69. The Balaban J connectivity index is 1.97. The number of nitrogens with zero attached hydrogens (tertiary/aromatic N) is 1. The van der Waals surface area contributed by atoms with Gasteiger partial charge in [-0.1, -0.05) is 47.0 Å². The van der Waals surface area contributed by atoms with Crippen molar-refractivity contribution in [2.24, 2.45) is 0 Å². The Kier molecular flexibility index (Phi) is 7.10. The molecule has 162 valence electrons. The van der Waals surface area contributed by atoms with Gasteiger partial charge in [0.05, 0.1) is 23.4 Å². The van der Waals surface area contributed by atoms with Crippen molar-refractivity contribution in [3.63, 3.8) is 0 Å². The Morgan fingerprint density at radius 3 is 2.32 bits per heavy atom. The summed E-state index contributed by atoms with van der Waals surface area (Å²) in [4.78, 5) is 12.9. The number of ether oxygens (including phenoxy) is 1. The van der Waals surface area contributed by atoms with E-state index in [4.69, 9.17) is 27.9 Å². The zero-order valence-electron chi connectivity index (χ0n) is 16.8. The normalized spacial score (nSPS) is 11.1. The molecule has 0 unspecified atom stereocenters. The van der Waals surface area contributed by atoms with Crippen LogP contribution in [0.25, 0.3) is 0 Å². The lowest BCUT2D eigenvalue weighted by atomic mass is 10.2. The van der Waals surface area contributed by atoms with Gasteiger partial charge in [0.25, 0.3) is 10.0 Å². The molecule has 1 amide bonds. The van der Waals surface area contributed by atoms with Crippen molar-refractivity contribution in [2.45, 2.75) is 11.8 Å². The minimum Gasteiger partial charge on any atom is -0.495 e. The lowest BCUT2D eigenvalue weighted by Gasteiger charge is -2.24. The van der Waals surface area contributed by atoms with Gasteiger partial charge in [-0.25, -0.2) is 8.42 Å². The molecule has 0 aliphatic carbocycles. The molecule has 3 aromatic carbocycles. The molecule has 3 rings (SSSR count). The summed E-state index contributed by atoms with van der Waals surface area (Å²) in [5.41, 5.74) is 1.51. The Bertz CT molecular complexity index is 1200. The second kappa shape index (κ2) is 9.60. The zero-order valence-corrected chi connectivity index (χ0v) is 19.1. The number of carbonyl (C=O) groups excluding carboxylic acids is 1. The fourth-order valence-corrected chi connectivity index (χ4v) is 4.65. The number of rotatable bonds is 7. The number of halogens is 2. The number of hydrogen-bond acceptors (Lipinski definition) is 4. The smallest absolute Gasteiger partial charge is 0.264 e. The lowest BCUT2D eigenvalue weighted by Crippen LogP contribution is -2.38. The maximum absolute atomic E-state index is 13.4. The van der Waals surface area contributed by atoms with Crippen LogP contribution >= 0.6 is 23.2 Å². The van der Waals surface area contributed by atoms with Crippen molar-refractivity contribution >= 4 is 50.5 Å². The molecular formula is C22H20Cl2N2O4S. The molecule has 0 aromatic heterocycles. The van der Waals surface area contributed by atoms with E-state index in [1.54, 1.807) is 42.5 Å². The van der Waals surface area contributed by atoms with Gasteiger partial charge < -0.3 is 10.1 Å². The van der Waals surface area contributed by atoms with Gasteiger partial charge in [0.15, 0.2) is 0 Å². The van der Waals surface area contributed by atoms with E-state index in [1.807, 2.05) is 6.92 Å². The molecule has 0 aliphatic rings. The number of anilines is 2. The van der Waals surface area contributed by atoms with Crippen molar-refractivity contribution in [3.8, 4) is 5.75 Å². The minimum atomic E-state index is -4.04. The van der Waals surface area contributed by atoms with Crippen molar-refractivity contribution < 1.29 is 17.9 Å². The summed E-state index contributed by atoms with van der Waals surface area (Å²) in [6, 6.07) is 17.4. The molecule has 0 spiro atoms. The molecule has 0 saturated carbocycles. The number of methoxy groups -OCH3 is 1. The number of amides is 1. The summed E-state index contributed by atoms with van der Waals surface area (Å²) in [5, 5.41) is 3.41. The predicted molar refractivity (Wildman–Crippen MR) is 124 cm³/mol. The second-order valence-electron chi connectivity index (χ2n) is 6.70. The first kappa shape index (κ1) is 22.9. The Morgan fingerprint density at radius 1 is 1.00 bits per heavy atom. The van der Waals surface area contributed by atoms with Crippen molar-refractivity contribution in [1.82, 2.24) is 0 Å². The summed E-state index contributed by atoms with van der Waals surface area (Å²) >= 11 is 12.1. The van der Waals surface area contributed by atoms with Crippen LogP contribution in [0.5, 0.6) is 5.75 Å². The topological polar surface area (TPSA) is 75.7 Å². The van der Waals surface area contributed by atoms with E-state index in [1.165, 1.54) is 31.4 Å². The first-order valence-electron chi connectivity index (χ1n) is 9.19. The molecular weight excluding hydrogens is 459 g/mol.